The average Bonchev–Trinajstić information content (AvgIpc) is 3.24. The number of aryl methyl sites for hydroxylation is 1. The van der Waals surface area contributed by atoms with Gasteiger partial charge in [0, 0.05) is 35.9 Å². The van der Waals surface area contributed by atoms with Crippen molar-refractivity contribution in [2.45, 2.75) is 26.3 Å². The van der Waals surface area contributed by atoms with Crippen molar-refractivity contribution >= 4 is 15.9 Å². The maximum Gasteiger partial charge on any atom is 0.0646 e. The number of benzene rings is 1. The van der Waals surface area contributed by atoms with Crippen molar-refractivity contribution < 1.29 is 0 Å². The number of nitrogens with one attached hydrogen (secondary N) is 1. The van der Waals surface area contributed by atoms with Gasteiger partial charge in [0.25, 0.3) is 0 Å². The molecule has 2 fully saturated rings. The first-order valence-electron chi connectivity index (χ1n) is 8.38. The summed E-state index contributed by atoms with van der Waals surface area (Å²) in [6.07, 6.45) is 4.86. The van der Waals surface area contributed by atoms with E-state index < -0.39 is 0 Å². The summed E-state index contributed by atoms with van der Waals surface area (Å²) in [7, 11) is 0. The van der Waals surface area contributed by atoms with Gasteiger partial charge in [0.15, 0.2) is 0 Å². The van der Waals surface area contributed by atoms with Crippen molar-refractivity contribution in [1.82, 2.24) is 20.0 Å². The SMILES string of the molecule is Cc1nn(-c2ccc(Br)cc2)cc1CN1CCC2(CCNC2)C1. The highest BCUT2D eigenvalue weighted by Gasteiger charge is 2.40. The first-order chi connectivity index (χ1) is 11.1. The van der Waals surface area contributed by atoms with Crippen LogP contribution in [0.5, 0.6) is 0 Å². The van der Waals surface area contributed by atoms with E-state index >= 15 is 0 Å². The zero-order valence-corrected chi connectivity index (χ0v) is 15.1. The third-order valence-corrected chi connectivity index (χ3v) is 5.86. The summed E-state index contributed by atoms with van der Waals surface area (Å²) in [6, 6.07) is 8.30. The minimum absolute atomic E-state index is 0.537. The van der Waals surface area contributed by atoms with Crippen molar-refractivity contribution in [2.75, 3.05) is 26.2 Å². The molecule has 0 bridgehead atoms. The first-order valence-corrected chi connectivity index (χ1v) is 9.17. The van der Waals surface area contributed by atoms with Gasteiger partial charge in [-0.1, -0.05) is 15.9 Å². The summed E-state index contributed by atoms with van der Waals surface area (Å²) in [6.45, 7) is 7.96. The van der Waals surface area contributed by atoms with E-state index in [2.05, 4.69) is 63.5 Å². The highest BCUT2D eigenvalue weighted by molar-refractivity contribution is 9.10. The number of likely N-dealkylation sites (tertiary alicyclic amines) is 1. The Morgan fingerprint density at radius 3 is 2.83 bits per heavy atom. The molecule has 0 amide bonds. The largest absolute Gasteiger partial charge is 0.316 e. The molecule has 1 aromatic heterocycles. The van der Waals surface area contributed by atoms with Crippen LogP contribution in [0.1, 0.15) is 24.1 Å². The van der Waals surface area contributed by atoms with Gasteiger partial charge >= 0.3 is 0 Å². The maximum atomic E-state index is 4.70. The molecule has 122 valence electrons. The number of hydrogen-bond donors (Lipinski definition) is 1. The van der Waals surface area contributed by atoms with E-state index in [1.165, 1.54) is 44.6 Å². The smallest absolute Gasteiger partial charge is 0.0646 e. The van der Waals surface area contributed by atoms with E-state index in [-0.39, 0.29) is 0 Å². The lowest BCUT2D eigenvalue weighted by molar-refractivity contribution is 0.268. The number of halogens is 1. The van der Waals surface area contributed by atoms with Gasteiger partial charge in [-0.2, -0.15) is 5.10 Å². The molecule has 4 rings (SSSR count). The average molecular weight is 375 g/mol. The topological polar surface area (TPSA) is 33.1 Å². The third kappa shape index (κ3) is 3.10. The molecule has 1 aromatic carbocycles. The van der Waals surface area contributed by atoms with Crippen LogP contribution in [0.3, 0.4) is 0 Å². The lowest BCUT2D eigenvalue weighted by atomic mass is 9.87. The molecule has 1 spiro atoms. The fourth-order valence-corrected chi connectivity index (χ4v) is 4.19. The van der Waals surface area contributed by atoms with Crippen LogP contribution >= 0.6 is 15.9 Å². The standard InChI is InChI=1S/C18H23BrN4/c1-14-15(10-22-9-7-18(13-22)6-8-20-12-18)11-23(21-14)17-4-2-16(19)3-5-17/h2-5,11,20H,6-10,12-13H2,1H3. The normalized spacial score (nSPS) is 24.8. The summed E-state index contributed by atoms with van der Waals surface area (Å²) in [5, 5.41) is 8.24. The highest BCUT2D eigenvalue weighted by atomic mass is 79.9. The minimum Gasteiger partial charge on any atom is -0.316 e. The van der Waals surface area contributed by atoms with E-state index in [0.29, 0.717) is 5.41 Å². The van der Waals surface area contributed by atoms with E-state index in [0.717, 1.165) is 22.4 Å². The van der Waals surface area contributed by atoms with E-state index in [4.69, 9.17) is 5.10 Å². The Morgan fingerprint density at radius 1 is 1.26 bits per heavy atom. The van der Waals surface area contributed by atoms with E-state index in [1.54, 1.807) is 0 Å². The summed E-state index contributed by atoms with van der Waals surface area (Å²) < 4.78 is 3.10. The molecule has 2 aliphatic rings. The number of aromatic nitrogens is 2. The van der Waals surface area contributed by atoms with Gasteiger partial charge in [0.2, 0.25) is 0 Å². The molecule has 23 heavy (non-hydrogen) atoms. The second kappa shape index (κ2) is 6.04. The van der Waals surface area contributed by atoms with Crippen LogP contribution in [0.25, 0.3) is 5.69 Å². The Kier molecular flexibility index (Phi) is 4.03. The Hall–Kier alpha value is -1.17. The van der Waals surface area contributed by atoms with Gasteiger partial charge in [0.05, 0.1) is 11.4 Å². The van der Waals surface area contributed by atoms with E-state index in [1.807, 2.05) is 4.68 Å². The van der Waals surface area contributed by atoms with Crippen LogP contribution in [0.4, 0.5) is 0 Å². The second-order valence-corrected chi connectivity index (χ2v) is 7.96. The summed E-state index contributed by atoms with van der Waals surface area (Å²) >= 11 is 3.48. The monoisotopic (exact) mass is 374 g/mol. The molecule has 2 aliphatic heterocycles. The molecule has 2 saturated heterocycles. The fourth-order valence-electron chi connectivity index (χ4n) is 3.92. The molecule has 4 nitrogen and oxygen atoms in total. The lowest BCUT2D eigenvalue weighted by Gasteiger charge is -2.22. The molecular weight excluding hydrogens is 352 g/mol. The summed E-state index contributed by atoms with van der Waals surface area (Å²) in [5.74, 6) is 0. The number of nitrogens with zero attached hydrogens (tertiary/aromatic N) is 3. The number of rotatable bonds is 3. The third-order valence-electron chi connectivity index (χ3n) is 5.34. The van der Waals surface area contributed by atoms with Crippen LogP contribution in [0.2, 0.25) is 0 Å². The Labute approximate surface area is 146 Å². The first kappa shape index (κ1) is 15.4. The van der Waals surface area contributed by atoms with Gasteiger partial charge in [-0.3, -0.25) is 4.90 Å². The van der Waals surface area contributed by atoms with Crippen molar-refractivity contribution in [3.05, 3.63) is 46.2 Å². The molecular formula is C18H23BrN4. The predicted octanol–water partition coefficient (Wildman–Crippen LogP) is 3.13. The van der Waals surface area contributed by atoms with Gasteiger partial charge in [-0.05, 0) is 62.5 Å². The van der Waals surface area contributed by atoms with Gasteiger partial charge < -0.3 is 5.32 Å². The molecule has 0 saturated carbocycles. The second-order valence-electron chi connectivity index (χ2n) is 7.05. The molecule has 1 N–H and O–H groups in total. The van der Waals surface area contributed by atoms with Crippen molar-refractivity contribution in [2.24, 2.45) is 5.41 Å². The molecule has 3 heterocycles. The van der Waals surface area contributed by atoms with Crippen LogP contribution in [0.15, 0.2) is 34.9 Å². The number of hydrogen-bond acceptors (Lipinski definition) is 3. The molecule has 2 aromatic rings. The molecule has 0 aliphatic carbocycles. The van der Waals surface area contributed by atoms with Crippen LogP contribution in [-0.4, -0.2) is 40.9 Å². The highest BCUT2D eigenvalue weighted by Crippen LogP contribution is 2.36. The lowest BCUT2D eigenvalue weighted by Crippen LogP contribution is -2.29. The fraction of sp³-hybridized carbons (Fsp3) is 0.500. The zero-order chi connectivity index (χ0) is 15.9. The quantitative estimate of drug-likeness (QED) is 0.895. The molecule has 0 radical (unpaired) electrons. The van der Waals surface area contributed by atoms with E-state index in [9.17, 15) is 0 Å². The van der Waals surface area contributed by atoms with Crippen molar-refractivity contribution in [1.29, 1.82) is 0 Å². The molecule has 1 unspecified atom stereocenters. The Bertz CT molecular complexity index is 686. The predicted molar refractivity (Wildman–Crippen MR) is 95.8 cm³/mol. The van der Waals surface area contributed by atoms with Gasteiger partial charge in [-0.25, -0.2) is 4.68 Å². The minimum atomic E-state index is 0.537. The Balaban J connectivity index is 1.48. The van der Waals surface area contributed by atoms with Crippen molar-refractivity contribution in [3.63, 3.8) is 0 Å². The summed E-state index contributed by atoms with van der Waals surface area (Å²) in [5.41, 5.74) is 4.13. The van der Waals surface area contributed by atoms with Gasteiger partial charge in [-0.15, -0.1) is 0 Å². The molecule has 5 heteroatoms. The van der Waals surface area contributed by atoms with Gasteiger partial charge in [0.1, 0.15) is 0 Å². The summed E-state index contributed by atoms with van der Waals surface area (Å²) in [4.78, 5) is 2.60. The van der Waals surface area contributed by atoms with Crippen molar-refractivity contribution in [3.8, 4) is 5.69 Å². The molecule has 1 atom stereocenters. The maximum absolute atomic E-state index is 4.70. The van der Waals surface area contributed by atoms with Crippen LogP contribution in [0, 0.1) is 12.3 Å². The van der Waals surface area contributed by atoms with Crippen LogP contribution < -0.4 is 5.32 Å². The van der Waals surface area contributed by atoms with Crippen LogP contribution in [-0.2, 0) is 6.54 Å². The Morgan fingerprint density at radius 2 is 2.09 bits per heavy atom. The zero-order valence-electron chi connectivity index (χ0n) is 13.6.